The molecule has 0 amide bonds. The van der Waals surface area contributed by atoms with Crippen LogP contribution in [0.15, 0.2) is 22.7 Å². The molecule has 2 rings (SSSR count). The Morgan fingerprint density at radius 2 is 2.17 bits per heavy atom. The minimum Gasteiger partial charge on any atom is -0.343 e. The molecule has 0 fully saturated rings. The van der Waals surface area contributed by atoms with Crippen molar-refractivity contribution in [1.29, 1.82) is 0 Å². The van der Waals surface area contributed by atoms with Gasteiger partial charge < -0.3 is 4.98 Å². The second-order valence-electron chi connectivity index (χ2n) is 3.94. The highest BCUT2D eigenvalue weighted by Crippen LogP contribution is 2.28. The molecule has 94 valence electrons. The highest BCUT2D eigenvalue weighted by Gasteiger charge is 2.12. The molecule has 0 atom stereocenters. The number of hydrogen-bond donors (Lipinski definition) is 1. The van der Waals surface area contributed by atoms with Crippen LogP contribution in [0.3, 0.4) is 0 Å². The Morgan fingerprint density at radius 3 is 2.83 bits per heavy atom. The van der Waals surface area contributed by atoms with Gasteiger partial charge in [0.15, 0.2) is 0 Å². The third kappa shape index (κ3) is 2.37. The zero-order chi connectivity index (χ0) is 13.3. The fraction of sp³-hybridized carbons (Fsp3) is 0.231. The number of hydrogen-bond acceptors (Lipinski definition) is 2. The van der Waals surface area contributed by atoms with E-state index in [1.807, 2.05) is 13.8 Å². The van der Waals surface area contributed by atoms with Crippen LogP contribution >= 0.6 is 28.1 Å². The molecular weight excluding hydrogens is 315 g/mol. The molecule has 0 saturated carbocycles. The Balaban J connectivity index is 2.74. The average Bonchev–Trinajstić information content (AvgIpc) is 2.36. The number of halogens is 2. The van der Waals surface area contributed by atoms with Crippen molar-refractivity contribution in [1.82, 2.24) is 9.97 Å². The molecule has 1 aromatic carbocycles. The summed E-state index contributed by atoms with van der Waals surface area (Å²) >= 11 is 8.40. The van der Waals surface area contributed by atoms with Crippen molar-refractivity contribution in [3.8, 4) is 11.3 Å². The quantitative estimate of drug-likeness (QED) is 0.818. The molecule has 2 aromatic rings. The first-order valence-electron chi connectivity index (χ1n) is 5.58. The van der Waals surface area contributed by atoms with E-state index in [-0.39, 0.29) is 5.82 Å². The standard InChI is InChI=1S/C13H12BrFN2S/c1-3-10-16-12(7(2)13(18)17-10)8-5-4-6-9(14)11(8)15/h4-6H,3H2,1-2H3,(H,16,17,18). The summed E-state index contributed by atoms with van der Waals surface area (Å²) in [6, 6.07) is 5.20. The maximum atomic E-state index is 14.1. The van der Waals surface area contributed by atoms with Gasteiger partial charge in [-0.15, -0.1) is 0 Å². The van der Waals surface area contributed by atoms with E-state index in [2.05, 4.69) is 25.9 Å². The van der Waals surface area contributed by atoms with Crippen LogP contribution in [-0.4, -0.2) is 9.97 Å². The molecule has 1 aromatic heterocycles. The Labute approximate surface area is 118 Å². The first kappa shape index (κ1) is 13.4. The lowest BCUT2D eigenvalue weighted by molar-refractivity contribution is 0.623. The van der Waals surface area contributed by atoms with E-state index in [4.69, 9.17) is 12.2 Å². The Morgan fingerprint density at radius 1 is 1.44 bits per heavy atom. The van der Waals surface area contributed by atoms with Crippen LogP contribution in [0.25, 0.3) is 11.3 Å². The van der Waals surface area contributed by atoms with Crippen molar-refractivity contribution in [3.63, 3.8) is 0 Å². The topological polar surface area (TPSA) is 28.7 Å². The summed E-state index contributed by atoms with van der Waals surface area (Å²) in [7, 11) is 0. The average molecular weight is 327 g/mol. The van der Waals surface area contributed by atoms with E-state index < -0.39 is 0 Å². The fourth-order valence-corrected chi connectivity index (χ4v) is 2.29. The van der Waals surface area contributed by atoms with Gasteiger partial charge >= 0.3 is 0 Å². The summed E-state index contributed by atoms with van der Waals surface area (Å²) < 4.78 is 15.1. The van der Waals surface area contributed by atoms with Crippen molar-refractivity contribution in [3.05, 3.63) is 44.5 Å². The third-order valence-corrected chi connectivity index (χ3v) is 3.77. The minimum atomic E-state index is -0.292. The predicted molar refractivity (Wildman–Crippen MR) is 76.6 cm³/mol. The Bertz CT molecular complexity index is 652. The number of aromatic amines is 1. The van der Waals surface area contributed by atoms with Crippen LogP contribution in [0.1, 0.15) is 18.3 Å². The van der Waals surface area contributed by atoms with E-state index in [0.717, 1.165) is 17.8 Å². The maximum absolute atomic E-state index is 14.1. The second kappa shape index (κ2) is 5.28. The lowest BCUT2D eigenvalue weighted by Crippen LogP contribution is -2.00. The van der Waals surface area contributed by atoms with Gasteiger partial charge in [0.25, 0.3) is 0 Å². The van der Waals surface area contributed by atoms with E-state index in [1.54, 1.807) is 18.2 Å². The molecule has 0 bridgehead atoms. The number of benzene rings is 1. The normalized spacial score (nSPS) is 10.7. The summed E-state index contributed by atoms with van der Waals surface area (Å²) in [4.78, 5) is 7.40. The Kier molecular flexibility index (Phi) is 3.92. The van der Waals surface area contributed by atoms with Gasteiger partial charge in [-0.2, -0.15) is 0 Å². The monoisotopic (exact) mass is 326 g/mol. The molecule has 0 saturated heterocycles. The number of nitrogens with one attached hydrogen (secondary N) is 1. The highest BCUT2D eigenvalue weighted by molar-refractivity contribution is 9.10. The van der Waals surface area contributed by atoms with Gasteiger partial charge in [0.1, 0.15) is 16.3 Å². The zero-order valence-corrected chi connectivity index (χ0v) is 12.5. The van der Waals surface area contributed by atoms with Gasteiger partial charge in [-0.3, -0.25) is 0 Å². The molecule has 0 aliphatic carbocycles. The smallest absolute Gasteiger partial charge is 0.146 e. The minimum absolute atomic E-state index is 0.292. The molecule has 1 N–H and O–H groups in total. The van der Waals surface area contributed by atoms with Crippen LogP contribution in [-0.2, 0) is 6.42 Å². The van der Waals surface area contributed by atoms with Crippen molar-refractivity contribution in [2.75, 3.05) is 0 Å². The summed E-state index contributed by atoms with van der Waals surface area (Å²) in [6.07, 6.45) is 0.729. The molecule has 0 aliphatic heterocycles. The molecule has 18 heavy (non-hydrogen) atoms. The number of H-pyrrole nitrogens is 1. The number of aromatic nitrogens is 2. The van der Waals surface area contributed by atoms with Crippen molar-refractivity contribution in [2.45, 2.75) is 20.3 Å². The van der Waals surface area contributed by atoms with E-state index in [1.165, 1.54) is 0 Å². The van der Waals surface area contributed by atoms with Crippen molar-refractivity contribution in [2.24, 2.45) is 0 Å². The molecule has 2 nitrogen and oxygen atoms in total. The fourth-order valence-electron chi connectivity index (χ4n) is 1.71. The van der Waals surface area contributed by atoms with Gasteiger partial charge in [-0.25, -0.2) is 9.37 Å². The van der Waals surface area contributed by atoms with Gasteiger partial charge in [0.2, 0.25) is 0 Å². The van der Waals surface area contributed by atoms with E-state index in [9.17, 15) is 4.39 Å². The predicted octanol–water partition coefficient (Wildman–Crippen LogP) is 4.58. The molecule has 0 aliphatic rings. The lowest BCUT2D eigenvalue weighted by atomic mass is 10.1. The highest BCUT2D eigenvalue weighted by atomic mass is 79.9. The molecular formula is C13H12BrFN2S. The maximum Gasteiger partial charge on any atom is 0.146 e. The molecule has 5 heteroatoms. The lowest BCUT2D eigenvalue weighted by Gasteiger charge is -2.10. The second-order valence-corrected chi connectivity index (χ2v) is 5.18. The molecule has 1 heterocycles. The first-order valence-corrected chi connectivity index (χ1v) is 6.79. The zero-order valence-electron chi connectivity index (χ0n) is 10.1. The largest absolute Gasteiger partial charge is 0.343 e. The Hall–Kier alpha value is -1.07. The molecule has 0 radical (unpaired) electrons. The SMILES string of the molecule is CCc1nc(=S)c(C)c(-c2cccc(Br)c2F)[nH]1. The van der Waals surface area contributed by atoms with Crippen molar-refractivity contribution < 1.29 is 4.39 Å². The summed E-state index contributed by atoms with van der Waals surface area (Å²) in [5.74, 6) is 0.472. The van der Waals surface area contributed by atoms with Crippen LogP contribution in [0.4, 0.5) is 4.39 Å². The van der Waals surface area contributed by atoms with Crippen LogP contribution in [0.2, 0.25) is 0 Å². The van der Waals surface area contributed by atoms with Crippen molar-refractivity contribution >= 4 is 28.1 Å². The van der Waals surface area contributed by atoms with Gasteiger partial charge in [0.05, 0.1) is 10.2 Å². The summed E-state index contributed by atoms with van der Waals surface area (Å²) in [6.45, 7) is 3.82. The third-order valence-electron chi connectivity index (χ3n) is 2.76. The van der Waals surface area contributed by atoms with Crippen LogP contribution in [0.5, 0.6) is 0 Å². The first-order chi connectivity index (χ1) is 8.54. The van der Waals surface area contributed by atoms with Gasteiger partial charge in [-0.1, -0.05) is 25.2 Å². The number of aryl methyl sites for hydroxylation is 1. The number of rotatable bonds is 2. The molecule has 0 spiro atoms. The summed E-state index contributed by atoms with van der Waals surface area (Å²) in [5.41, 5.74) is 2.00. The van der Waals surface area contributed by atoms with E-state index >= 15 is 0 Å². The van der Waals surface area contributed by atoms with Gasteiger partial charge in [0, 0.05) is 17.5 Å². The van der Waals surface area contributed by atoms with E-state index in [0.29, 0.717) is 20.4 Å². The number of nitrogens with zero attached hydrogens (tertiary/aromatic N) is 1. The molecule has 0 unspecified atom stereocenters. The van der Waals surface area contributed by atoms with Crippen LogP contribution < -0.4 is 0 Å². The van der Waals surface area contributed by atoms with Gasteiger partial charge in [-0.05, 0) is 35.0 Å². The van der Waals surface area contributed by atoms with Crippen LogP contribution in [0, 0.1) is 17.4 Å². The summed E-state index contributed by atoms with van der Waals surface area (Å²) in [5, 5.41) is 0.